The second-order valence-corrected chi connectivity index (χ2v) is 13.8. The number of fused-ring (bicyclic) bond motifs is 14. The van der Waals surface area contributed by atoms with Gasteiger partial charge in [-0.05, 0) is 90.8 Å². The third-order valence-electron chi connectivity index (χ3n) is 11.3. The predicted octanol–water partition coefficient (Wildman–Crippen LogP) is 5.32. The first kappa shape index (κ1) is 19.1. The first-order valence-corrected chi connectivity index (χ1v) is 12.3. The van der Waals surface area contributed by atoms with Crippen LogP contribution >= 0.6 is 0 Å². The number of rotatable bonds is 2. The normalized spacial score (nSPS) is 51.8. The van der Waals surface area contributed by atoms with Crippen molar-refractivity contribution in [1.82, 2.24) is 0 Å². The first-order valence-electron chi connectivity index (χ1n) is 12.3. The molecular formula is C26H40O3. The summed E-state index contributed by atoms with van der Waals surface area (Å²) in [5.74, 6) is 6.87. The molecule has 6 aliphatic rings. The van der Waals surface area contributed by atoms with Crippen molar-refractivity contribution in [3.8, 4) is 0 Å². The van der Waals surface area contributed by atoms with Crippen molar-refractivity contribution < 1.29 is 14.3 Å². The van der Waals surface area contributed by atoms with Crippen molar-refractivity contribution in [3.05, 3.63) is 0 Å². The molecule has 1 aliphatic heterocycles. The lowest BCUT2D eigenvalue weighted by molar-refractivity contribution is -0.183. The topological polar surface area (TPSA) is 38.8 Å². The smallest absolute Gasteiger partial charge is 0.313 e. The van der Waals surface area contributed by atoms with E-state index in [1.54, 1.807) is 0 Å². The summed E-state index contributed by atoms with van der Waals surface area (Å²) in [7, 11) is 0. The van der Waals surface area contributed by atoms with Gasteiger partial charge in [0.05, 0.1) is 17.6 Å². The molecule has 0 N–H and O–H groups in total. The number of carbonyl (C=O) groups is 1. The maximum Gasteiger partial charge on any atom is 0.313 e. The van der Waals surface area contributed by atoms with E-state index in [0.29, 0.717) is 18.1 Å². The molecule has 0 spiro atoms. The molecule has 0 amide bonds. The van der Waals surface area contributed by atoms with Gasteiger partial charge in [-0.25, -0.2) is 0 Å². The van der Waals surface area contributed by atoms with Gasteiger partial charge in [-0.15, -0.1) is 0 Å². The van der Waals surface area contributed by atoms with Crippen molar-refractivity contribution in [2.45, 2.75) is 92.5 Å². The van der Waals surface area contributed by atoms with Gasteiger partial charge in [0.15, 0.2) is 0 Å². The van der Waals surface area contributed by atoms with Gasteiger partial charge in [-0.2, -0.15) is 0 Å². The second kappa shape index (κ2) is 5.43. The van der Waals surface area contributed by atoms with Crippen LogP contribution in [0.5, 0.6) is 0 Å². The van der Waals surface area contributed by atoms with E-state index in [2.05, 4.69) is 48.5 Å². The van der Waals surface area contributed by atoms with Gasteiger partial charge in [0.25, 0.3) is 0 Å². The SMILES string of the molecule is CC(C)(C)C(C)(C(=O)OC1CC2CC1C1C3CC(C4CC5OC5C43)C21)C(C)(C)C. The molecule has 0 aromatic rings. The number of ether oxygens (including phenoxy) is 2. The molecule has 1 heterocycles. The predicted molar refractivity (Wildman–Crippen MR) is 112 cm³/mol. The molecule has 162 valence electrons. The summed E-state index contributed by atoms with van der Waals surface area (Å²) < 4.78 is 12.4. The largest absolute Gasteiger partial charge is 0.462 e. The molecule has 6 fully saturated rings. The fourth-order valence-electron chi connectivity index (χ4n) is 9.63. The standard InChI is InChI=1S/C26H40O3/c1-24(2,3)26(7,25(4,5)6)23(27)29-17-9-12-8-15(17)20-16-10-13(19(12)20)14-11-18-22(28-18)21(14)16/h12-22H,8-11H2,1-7H3. The number of hydrogen-bond donors (Lipinski definition) is 0. The highest BCUT2D eigenvalue weighted by molar-refractivity contribution is 5.78. The Labute approximate surface area is 176 Å². The molecule has 3 nitrogen and oxygen atoms in total. The zero-order valence-corrected chi connectivity index (χ0v) is 19.4. The number of carbonyl (C=O) groups excluding carboxylic acids is 1. The van der Waals surface area contributed by atoms with Crippen LogP contribution in [0.25, 0.3) is 0 Å². The molecule has 29 heavy (non-hydrogen) atoms. The van der Waals surface area contributed by atoms with E-state index in [0.717, 1.165) is 47.8 Å². The summed E-state index contributed by atoms with van der Waals surface area (Å²) >= 11 is 0. The summed E-state index contributed by atoms with van der Waals surface area (Å²) in [5.41, 5.74) is -0.768. The fraction of sp³-hybridized carbons (Fsp3) is 0.962. The summed E-state index contributed by atoms with van der Waals surface area (Å²) in [6.45, 7) is 15.3. The first-order chi connectivity index (χ1) is 13.4. The molecule has 5 aliphatic carbocycles. The average molecular weight is 401 g/mol. The molecule has 4 bridgehead atoms. The highest BCUT2D eigenvalue weighted by Gasteiger charge is 2.74. The molecule has 3 heteroatoms. The highest BCUT2D eigenvalue weighted by Crippen LogP contribution is 2.75. The fourth-order valence-corrected chi connectivity index (χ4v) is 9.63. The summed E-state index contributed by atoms with van der Waals surface area (Å²) in [4.78, 5) is 13.6. The Balaban J connectivity index is 1.23. The van der Waals surface area contributed by atoms with E-state index in [9.17, 15) is 4.79 Å². The van der Waals surface area contributed by atoms with Crippen molar-refractivity contribution >= 4 is 5.97 Å². The molecule has 0 aromatic heterocycles. The average Bonchev–Trinajstić information content (AvgIpc) is 3.07. The summed E-state index contributed by atoms with van der Waals surface area (Å²) in [6.07, 6.45) is 6.62. The Hall–Kier alpha value is -0.570. The third kappa shape index (κ3) is 2.22. The molecule has 1 saturated heterocycles. The minimum atomic E-state index is -0.498. The van der Waals surface area contributed by atoms with E-state index < -0.39 is 5.41 Å². The maximum atomic E-state index is 13.6. The van der Waals surface area contributed by atoms with Gasteiger partial charge in [-0.3, -0.25) is 4.79 Å². The Morgan fingerprint density at radius 3 is 2.07 bits per heavy atom. The van der Waals surface area contributed by atoms with Crippen LogP contribution < -0.4 is 0 Å². The minimum Gasteiger partial charge on any atom is -0.462 e. The molecule has 0 radical (unpaired) electrons. The number of esters is 1. The Bertz CT molecular complexity index is 728. The van der Waals surface area contributed by atoms with Crippen molar-refractivity contribution in [1.29, 1.82) is 0 Å². The van der Waals surface area contributed by atoms with Gasteiger partial charge in [0.2, 0.25) is 0 Å². The zero-order chi connectivity index (χ0) is 20.7. The lowest BCUT2D eigenvalue weighted by Crippen LogP contribution is -2.52. The lowest BCUT2D eigenvalue weighted by atomic mass is 9.55. The van der Waals surface area contributed by atoms with Gasteiger partial charge >= 0.3 is 5.97 Å². The zero-order valence-electron chi connectivity index (χ0n) is 19.4. The quantitative estimate of drug-likeness (QED) is 0.358. The molecule has 11 atom stereocenters. The number of hydrogen-bond acceptors (Lipinski definition) is 3. The maximum absolute atomic E-state index is 13.6. The van der Waals surface area contributed by atoms with Gasteiger partial charge in [0, 0.05) is 0 Å². The van der Waals surface area contributed by atoms with Crippen LogP contribution in [-0.4, -0.2) is 24.3 Å². The third-order valence-corrected chi connectivity index (χ3v) is 11.3. The number of epoxide rings is 1. The van der Waals surface area contributed by atoms with Crippen LogP contribution in [0.15, 0.2) is 0 Å². The second-order valence-electron chi connectivity index (χ2n) is 13.8. The van der Waals surface area contributed by atoms with Crippen LogP contribution in [0.4, 0.5) is 0 Å². The van der Waals surface area contributed by atoms with Gasteiger partial charge < -0.3 is 9.47 Å². The molecular weight excluding hydrogens is 360 g/mol. The summed E-state index contributed by atoms with van der Waals surface area (Å²) in [5, 5.41) is 0. The van der Waals surface area contributed by atoms with E-state index in [-0.39, 0.29) is 22.9 Å². The monoisotopic (exact) mass is 400 g/mol. The van der Waals surface area contributed by atoms with Crippen LogP contribution in [-0.2, 0) is 14.3 Å². The molecule has 5 saturated carbocycles. The van der Waals surface area contributed by atoms with Gasteiger partial charge in [-0.1, -0.05) is 41.5 Å². The molecule has 11 unspecified atom stereocenters. The van der Waals surface area contributed by atoms with E-state index in [1.165, 1.54) is 19.3 Å². The lowest BCUT2D eigenvalue weighted by Gasteiger charge is -2.50. The van der Waals surface area contributed by atoms with E-state index in [4.69, 9.17) is 9.47 Å². The van der Waals surface area contributed by atoms with Gasteiger partial charge in [0.1, 0.15) is 6.10 Å². The van der Waals surface area contributed by atoms with Crippen LogP contribution in [0.3, 0.4) is 0 Å². The van der Waals surface area contributed by atoms with Crippen LogP contribution in [0.1, 0.15) is 74.1 Å². The van der Waals surface area contributed by atoms with E-state index in [1.807, 2.05) is 0 Å². The molecule has 6 rings (SSSR count). The minimum absolute atomic E-state index is 0.0408. The molecule has 0 aromatic carbocycles. The van der Waals surface area contributed by atoms with Crippen molar-refractivity contribution in [2.75, 3.05) is 0 Å². The van der Waals surface area contributed by atoms with Crippen LogP contribution in [0, 0.1) is 63.6 Å². The Kier molecular flexibility index (Phi) is 3.58. The highest BCUT2D eigenvalue weighted by atomic mass is 16.6. The Morgan fingerprint density at radius 1 is 0.759 bits per heavy atom. The Morgan fingerprint density at radius 2 is 1.41 bits per heavy atom. The summed E-state index contributed by atoms with van der Waals surface area (Å²) in [6, 6.07) is 0. The van der Waals surface area contributed by atoms with Crippen molar-refractivity contribution in [3.63, 3.8) is 0 Å². The van der Waals surface area contributed by atoms with Crippen molar-refractivity contribution in [2.24, 2.45) is 63.6 Å². The van der Waals surface area contributed by atoms with Crippen LogP contribution in [0.2, 0.25) is 0 Å². The van der Waals surface area contributed by atoms with E-state index >= 15 is 0 Å².